The predicted octanol–water partition coefficient (Wildman–Crippen LogP) is 3.82. The van der Waals surface area contributed by atoms with Gasteiger partial charge in [-0.1, -0.05) is 28.9 Å². The molecular formula is C14H13BrFNO. The summed E-state index contributed by atoms with van der Waals surface area (Å²) < 4.78 is 13.9. The van der Waals surface area contributed by atoms with Gasteiger partial charge in [-0.15, -0.1) is 0 Å². The number of hydrogen-bond acceptors (Lipinski definition) is 2. The van der Waals surface area contributed by atoms with E-state index in [9.17, 15) is 9.50 Å². The lowest BCUT2D eigenvalue weighted by Gasteiger charge is -2.19. The fraction of sp³-hybridized carbons (Fsp3) is 0.214. The molecule has 0 aliphatic rings. The van der Waals surface area contributed by atoms with E-state index >= 15 is 0 Å². The minimum Gasteiger partial charge on any atom is -0.388 e. The molecule has 0 radical (unpaired) electrons. The molecule has 94 valence electrons. The van der Waals surface area contributed by atoms with Crippen molar-refractivity contribution < 1.29 is 9.50 Å². The molecule has 2 nitrogen and oxygen atoms in total. The van der Waals surface area contributed by atoms with E-state index in [1.165, 1.54) is 12.1 Å². The lowest BCUT2D eigenvalue weighted by molar-refractivity contribution is 0.149. The molecule has 1 aromatic heterocycles. The molecule has 0 saturated carbocycles. The van der Waals surface area contributed by atoms with E-state index in [0.29, 0.717) is 10.0 Å². The van der Waals surface area contributed by atoms with Crippen LogP contribution in [0.25, 0.3) is 0 Å². The summed E-state index contributed by atoms with van der Waals surface area (Å²) in [5.74, 6) is -0.563. The van der Waals surface area contributed by atoms with Gasteiger partial charge in [0.1, 0.15) is 5.82 Å². The van der Waals surface area contributed by atoms with E-state index in [0.717, 1.165) is 5.69 Å². The Morgan fingerprint density at radius 2 is 2.06 bits per heavy atom. The second kappa shape index (κ2) is 5.59. The van der Waals surface area contributed by atoms with Crippen LogP contribution in [0.5, 0.6) is 0 Å². The summed E-state index contributed by atoms with van der Waals surface area (Å²) in [6, 6.07) is 9.96. The fourth-order valence-corrected chi connectivity index (χ4v) is 2.32. The highest BCUT2D eigenvalue weighted by molar-refractivity contribution is 9.10. The molecule has 1 N–H and O–H groups in total. The normalized spacial score (nSPS) is 14.2. The minimum absolute atomic E-state index is 0.195. The van der Waals surface area contributed by atoms with Crippen molar-refractivity contribution in [2.75, 3.05) is 0 Å². The Kier molecular flexibility index (Phi) is 4.09. The second-order valence-electron chi connectivity index (χ2n) is 4.19. The van der Waals surface area contributed by atoms with E-state index in [4.69, 9.17) is 0 Å². The number of rotatable bonds is 3. The molecule has 18 heavy (non-hydrogen) atoms. The largest absolute Gasteiger partial charge is 0.388 e. The van der Waals surface area contributed by atoms with Crippen LogP contribution in [0.15, 0.2) is 47.1 Å². The summed E-state index contributed by atoms with van der Waals surface area (Å²) in [6.45, 7) is 1.87. The molecule has 1 aromatic carbocycles. The maximum absolute atomic E-state index is 13.3. The highest BCUT2D eigenvalue weighted by atomic mass is 79.9. The molecule has 2 rings (SSSR count). The third-order valence-corrected chi connectivity index (χ3v) is 3.31. The zero-order chi connectivity index (χ0) is 13.1. The standard InChI is InChI=1S/C14H13BrFNO/c1-9(13-4-2-3-5-17-13)14(18)10-6-11(15)8-12(16)7-10/h2-9,14,18H,1H3. The quantitative estimate of drug-likeness (QED) is 0.935. The summed E-state index contributed by atoms with van der Waals surface area (Å²) in [5, 5.41) is 10.3. The first-order valence-corrected chi connectivity index (χ1v) is 6.42. The summed E-state index contributed by atoms with van der Waals surface area (Å²) in [4.78, 5) is 4.20. The van der Waals surface area contributed by atoms with Gasteiger partial charge in [-0.3, -0.25) is 4.98 Å². The van der Waals surface area contributed by atoms with Gasteiger partial charge in [-0.25, -0.2) is 4.39 Å². The van der Waals surface area contributed by atoms with Crippen molar-refractivity contribution in [3.05, 3.63) is 64.1 Å². The van der Waals surface area contributed by atoms with Crippen molar-refractivity contribution in [3.63, 3.8) is 0 Å². The van der Waals surface area contributed by atoms with Crippen molar-refractivity contribution in [2.24, 2.45) is 0 Å². The number of hydrogen-bond donors (Lipinski definition) is 1. The zero-order valence-electron chi connectivity index (χ0n) is 9.85. The Hall–Kier alpha value is -1.26. The average molecular weight is 310 g/mol. The van der Waals surface area contributed by atoms with Gasteiger partial charge in [0.2, 0.25) is 0 Å². The van der Waals surface area contributed by atoms with Gasteiger partial charge in [0.15, 0.2) is 0 Å². The number of aromatic nitrogens is 1. The first-order valence-electron chi connectivity index (χ1n) is 5.63. The minimum atomic E-state index is -0.785. The van der Waals surface area contributed by atoms with Crippen LogP contribution >= 0.6 is 15.9 Å². The molecule has 0 saturated heterocycles. The highest BCUT2D eigenvalue weighted by Gasteiger charge is 2.20. The molecular weight excluding hydrogens is 297 g/mol. The van der Waals surface area contributed by atoms with Gasteiger partial charge in [0.05, 0.1) is 6.10 Å². The highest BCUT2D eigenvalue weighted by Crippen LogP contribution is 2.31. The smallest absolute Gasteiger partial charge is 0.124 e. The number of halogens is 2. The van der Waals surface area contributed by atoms with Gasteiger partial charge < -0.3 is 5.11 Å². The van der Waals surface area contributed by atoms with E-state index in [2.05, 4.69) is 20.9 Å². The Morgan fingerprint density at radius 1 is 1.28 bits per heavy atom. The van der Waals surface area contributed by atoms with E-state index in [1.54, 1.807) is 12.3 Å². The Bertz CT molecular complexity index is 512. The number of pyridine rings is 1. The third kappa shape index (κ3) is 2.94. The monoisotopic (exact) mass is 309 g/mol. The molecule has 4 heteroatoms. The van der Waals surface area contributed by atoms with Gasteiger partial charge >= 0.3 is 0 Å². The lowest BCUT2D eigenvalue weighted by atomic mass is 9.94. The predicted molar refractivity (Wildman–Crippen MR) is 71.7 cm³/mol. The summed E-state index contributed by atoms with van der Waals surface area (Å²) in [6.07, 6.45) is 0.895. The Morgan fingerprint density at radius 3 is 2.67 bits per heavy atom. The van der Waals surface area contributed by atoms with E-state index < -0.39 is 6.10 Å². The van der Waals surface area contributed by atoms with Crippen LogP contribution in [0.1, 0.15) is 30.2 Å². The zero-order valence-corrected chi connectivity index (χ0v) is 11.4. The molecule has 2 unspecified atom stereocenters. The number of aliphatic hydroxyl groups is 1. The van der Waals surface area contributed by atoms with Crippen LogP contribution in [0, 0.1) is 5.82 Å². The summed E-state index contributed by atoms with van der Waals surface area (Å²) in [7, 11) is 0. The lowest BCUT2D eigenvalue weighted by Crippen LogP contribution is -2.09. The molecule has 0 spiro atoms. The van der Waals surface area contributed by atoms with Crippen molar-refractivity contribution in [1.82, 2.24) is 4.98 Å². The first kappa shape index (κ1) is 13.2. The third-order valence-electron chi connectivity index (χ3n) is 2.85. The summed E-state index contributed by atoms with van der Waals surface area (Å²) >= 11 is 3.22. The summed E-state index contributed by atoms with van der Waals surface area (Å²) in [5.41, 5.74) is 1.32. The van der Waals surface area contributed by atoms with Gasteiger partial charge in [-0.2, -0.15) is 0 Å². The van der Waals surface area contributed by atoms with Crippen LogP contribution in [-0.2, 0) is 0 Å². The molecule has 0 fully saturated rings. The van der Waals surface area contributed by atoms with E-state index in [1.807, 2.05) is 25.1 Å². The number of aliphatic hydroxyl groups excluding tert-OH is 1. The average Bonchev–Trinajstić information content (AvgIpc) is 2.37. The maximum Gasteiger partial charge on any atom is 0.124 e. The Labute approximate surface area is 114 Å². The van der Waals surface area contributed by atoms with Crippen LogP contribution in [0.3, 0.4) is 0 Å². The number of nitrogens with zero attached hydrogens (tertiary/aromatic N) is 1. The van der Waals surface area contributed by atoms with E-state index in [-0.39, 0.29) is 11.7 Å². The van der Waals surface area contributed by atoms with Crippen LogP contribution in [-0.4, -0.2) is 10.1 Å². The molecule has 0 aliphatic heterocycles. The van der Waals surface area contributed by atoms with Crippen LogP contribution in [0.2, 0.25) is 0 Å². The fourth-order valence-electron chi connectivity index (χ4n) is 1.84. The molecule has 0 bridgehead atoms. The molecule has 1 heterocycles. The van der Waals surface area contributed by atoms with Crippen molar-refractivity contribution >= 4 is 15.9 Å². The molecule has 2 atom stereocenters. The maximum atomic E-state index is 13.3. The first-order chi connectivity index (χ1) is 8.58. The molecule has 0 aliphatic carbocycles. The molecule has 0 amide bonds. The van der Waals surface area contributed by atoms with Crippen LogP contribution < -0.4 is 0 Å². The van der Waals surface area contributed by atoms with Gasteiger partial charge in [-0.05, 0) is 35.9 Å². The SMILES string of the molecule is CC(c1ccccn1)C(O)c1cc(F)cc(Br)c1. The van der Waals surface area contributed by atoms with Gasteiger partial charge in [0.25, 0.3) is 0 Å². The van der Waals surface area contributed by atoms with Crippen molar-refractivity contribution in [3.8, 4) is 0 Å². The Balaban J connectivity index is 2.28. The van der Waals surface area contributed by atoms with Crippen LogP contribution in [0.4, 0.5) is 4.39 Å². The van der Waals surface area contributed by atoms with Crippen molar-refractivity contribution in [1.29, 1.82) is 0 Å². The second-order valence-corrected chi connectivity index (χ2v) is 5.11. The molecule has 2 aromatic rings. The van der Waals surface area contributed by atoms with Gasteiger partial charge in [0, 0.05) is 22.3 Å². The number of benzene rings is 1. The topological polar surface area (TPSA) is 33.1 Å². The van der Waals surface area contributed by atoms with Crippen molar-refractivity contribution in [2.45, 2.75) is 18.9 Å².